The molecule has 0 radical (unpaired) electrons. The van der Waals surface area contributed by atoms with Gasteiger partial charge in [0.05, 0.1) is 6.04 Å². The zero-order chi connectivity index (χ0) is 14.2. The van der Waals surface area contributed by atoms with E-state index in [9.17, 15) is 22.0 Å². The molecule has 0 saturated heterocycles. The lowest BCUT2D eigenvalue weighted by atomic mass is 9.98. The maximum atomic E-state index is 13.5. The van der Waals surface area contributed by atoms with Gasteiger partial charge in [-0.1, -0.05) is 12.1 Å². The molecular formula is C13H8F5N. The molecule has 0 bridgehead atoms. The molecule has 1 unspecified atom stereocenters. The molecule has 6 heteroatoms. The van der Waals surface area contributed by atoms with Crippen LogP contribution in [0.15, 0.2) is 30.3 Å². The Morgan fingerprint density at radius 3 is 1.95 bits per heavy atom. The van der Waals surface area contributed by atoms with Gasteiger partial charge in [0, 0.05) is 5.56 Å². The molecule has 0 aliphatic heterocycles. The van der Waals surface area contributed by atoms with Crippen LogP contribution in [0.5, 0.6) is 0 Å². The van der Waals surface area contributed by atoms with Crippen LogP contribution >= 0.6 is 0 Å². The quantitative estimate of drug-likeness (QED) is 0.658. The van der Waals surface area contributed by atoms with Crippen molar-refractivity contribution in [1.82, 2.24) is 0 Å². The van der Waals surface area contributed by atoms with Crippen LogP contribution in [0.1, 0.15) is 17.2 Å². The van der Waals surface area contributed by atoms with E-state index in [2.05, 4.69) is 0 Å². The molecule has 0 spiro atoms. The molecule has 0 aliphatic carbocycles. The fourth-order valence-corrected chi connectivity index (χ4v) is 1.69. The highest BCUT2D eigenvalue weighted by Gasteiger charge is 2.19. The van der Waals surface area contributed by atoms with Crippen molar-refractivity contribution in [3.8, 4) is 0 Å². The molecular weight excluding hydrogens is 265 g/mol. The zero-order valence-electron chi connectivity index (χ0n) is 9.43. The molecule has 0 saturated carbocycles. The van der Waals surface area contributed by atoms with E-state index in [-0.39, 0.29) is 11.1 Å². The van der Waals surface area contributed by atoms with E-state index in [0.29, 0.717) is 12.1 Å². The van der Waals surface area contributed by atoms with E-state index in [1.165, 1.54) is 12.1 Å². The van der Waals surface area contributed by atoms with E-state index < -0.39 is 35.1 Å². The summed E-state index contributed by atoms with van der Waals surface area (Å²) in [6, 6.07) is 3.27. The van der Waals surface area contributed by atoms with Gasteiger partial charge in [0.25, 0.3) is 0 Å². The van der Waals surface area contributed by atoms with Gasteiger partial charge in [0.15, 0.2) is 29.1 Å². The van der Waals surface area contributed by atoms with Gasteiger partial charge in [0.2, 0.25) is 0 Å². The molecule has 0 heterocycles. The molecule has 100 valence electrons. The normalized spacial score (nSPS) is 12.5. The van der Waals surface area contributed by atoms with Crippen LogP contribution in [0.4, 0.5) is 22.0 Å². The lowest BCUT2D eigenvalue weighted by Gasteiger charge is -2.14. The summed E-state index contributed by atoms with van der Waals surface area (Å²) < 4.78 is 65.5. The highest BCUT2D eigenvalue weighted by Crippen LogP contribution is 2.25. The fourth-order valence-electron chi connectivity index (χ4n) is 1.69. The third kappa shape index (κ3) is 2.44. The Kier molecular flexibility index (Phi) is 3.53. The summed E-state index contributed by atoms with van der Waals surface area (Å²) in [7, 11) is 0. The van der Waals surface area contributed by atoms with Crippen molar-refractivity contribution in [2.45, 2.75) is 6.04 Å². The first-order valence-electron chi connectivity index (χ1n) is 5.25. The van der Waals surface area contributed by atoms with Gasteiger partial charge < -0.3 is 5.73 Å². The van der Waals surface area contributed by atoms with Crippen LogP contribution in [-0.4, -0.2) is 0 Å². The molecule has 0 aliphatic rings. The second-order valence-corrected chi connectivity index (χ2v) is 3.92. The van der Waals surface area contributed by atoms with E-state index in [0.717, 1.165) is 6.07 Å². The predicted octanol–water partition coefficient (Wildman–Crippen LogP) is 3.43. The maximum Gasteiger partial charge on any atom is 0.194 e. The van der Waals surface area contributed by atoms with Gasteiger partial charge in [-0.15, -0.1) is 0 Å². The van der Waals surface area contributed by atoms with Crippen molar-refractivity contribution < 1.29 is 22.0 Å². The number of halogens is 5. The van der Waals surface area contributed by atoms with E-state index in [1.54, 1.807) is 0 Å². The zero-order valence-corrected chi connectivity index (χ0v) is 9.43. The van der Waals surface area contributed by atoms with Crippen LogP contribution in [0.25, 0.3) is 0 Å². The molecule has 1 atom stereocenters. The van der Waals surface area contributed by atoms with Gasteiger partial charge in [-0.2, -0.15) is 0 Å². The number of hydrogen-bond donors (Lipinski definition) is 1. The van der Waals surface area contributed by atoms with Crippen molar-refractivity contribution in [3.63, 3.8) is 0 Å². The number of nitrogens with two attached hydrogens (primary N) is 1. The largest absolute Gasteiger partial charge is 0.320 e. The number of benzene rings is 2. The minimum absolute atomic E-state index is 0.194. The van der Waals surface area contributed by atoms with Crippen LogP contribution in [0.2, 0.25) is 0 Å². The van der Waals surface area contributed by atoms with Gasteiger partial charge in [-0.25, -0.2) is 22.0 Å². The topological polar surface area (TPSA) is 26.0 Å². The standard InChI is InChI=1S/C13H8F5N/c14-8-3-1-2-7(11(8)17)13(19)6-4-9(15)12(18)10(16)5-6/h1-5,13H,19H2. The molecule has 0 aromatic heterocycles. The molecule has 2 aromatic carbocycles. The van der Waals surface area contributed by atoms with Crippen LogP contribution in [-0.2, 0) is 0 Å². The number of hydrogen-bond acceptors (Lipinski definition) is 1. The minimum atomic E-state index is -1.64. The first-order chi connectivity index (χ1) is 8.91. The Labute approximate surface area is 105 Å². The molecule has 2 aromatic rings. The molecule has 0 fully saturated rings. The predicted molar refractivity (Wildman–Crippen MR) is 58.7 cm³/mol. The smallest absolute Gasteiger partial charge is 0.194 e. The Hall–Kier alpha value is -1.95. The van der Waals surface area contributed by atoms with Crippen LogP contribution in [0.3, 0.4) is 0 Å². The first-order valence-corrected chi connectivity index (χ1v) is 5.25. The van der Waals surface area contributed by atoms with Crippen LogP contribution in [0, 0.1) is 29.1 Å². The summed E-state index contributed by atoms with van der Waals surface area (Å²) in [4.78, 5) is 0. The third-order valence-electron chi connectivity index (χ3n) is 2.68. The summed E-state index contributed by atoms with van der Waals surface area (Å²) in [6.07, 6.45) is 0. The van der Waals surface area contributed by atoms with E-state index in [1.807, 2.05) is 0 Å². The van der Waals surface area contributed by atoms with Gasteiger partial charge in [0.1, 0.15) is 0 Å². The average molecular weight is 273 g/mol. The second-order valence-electron chi connectivity index (χ2n) is 3.92. The van der Waals surface area contributed by atoms with Crippen molar-refractivity contribution >= 4 is 0 Å². The Balaban J connectivity index is 2.50. The van der Waals surface area contributed by atoms with Crippen molar-refractivity contribution in [3.05, 3.63) is 70.5 Å². The van der Waals surface area contributed by atoms with Crippen molar-refractivity contribution in [2.75, 3.05) is 0 Å². The highest BCUT2D eigenvalue weighted by molar-refractivity contribution is 5.33. The van der Waals surface area contributed by atoms with Crippen molar-refractivity contribution in [2.24, 2.45) is 5.73 Å². The average Bonchev–Trinajstić information content (AvgIpc) is 2.38. The van der Waals surface area contributed by atoms with Gasteiger partial charge >= 0.3 is 0 Å². The Bertz CT molecular complexity index is 603. The summed E-state index contributed by atoms with van der Waals surface area (Å²) in [5.74, 6) is -6.86. The Morgan fingerprint density at radius 2 is 1.37 bits per heavy atom. The Morgan fingerprint density at radius 1 is 0.789 bits per heavy atom. The third-order valence-corrected chi connectivity index (χ3v) is 2.68. The lowest BCUT2D eigenvalue weighted by molar-refractivity contribution is 0.443. The maximum absolute atomic E-state index is 13.5. The fraction of sp³-hybridized carbons (Fsp3) is 0.0769. The molecule has 19 heavy (non-hydrogen) atoms. The second kappa shape index (κ2) is 4.97. The summed E-state index contributed by atoms with van der Waals surface area (Å²) in [6.45, 7) is 0. The monoisotopic (exact) mass is 273 g/mol. The van der Waals surface area contributed by atoms with Crippen LogP contribution < -0.4 is 5.73 Å². The first kappa shape index (κ1) is 13.5. The van der Waals surface area contributed by atoms with Crippen molar-refractivity contribution in [1.29, 1.82) is 0 Å². The molecule has 1 nitrogen and oxygen atoms in total. The lowest BCUT2D eigenvalue weighted by Crippen LogP contribution is -2.15. The highest BCUT2D eigenvalue weighted by atomic mass is 19.2. The molecule has 2 rings (SSSR count). The summed E-state index contributed by atoms with van der Waals surface area (Å²) in [5.41, 5.74) is 5.15. The van der Waals surface area contributed by atoms with E-state index >= 15 is 0 Å². The van der Waals surface area contributed by atoms with Gasteiger partial charge in [-0.3, -0.25) is 0 Å². The molecule has 0 amide bonds. The molecule has 2 N–H and O–H groups in total. The minimum Gasteiger partial charge on any atom is -0.320 e. The van der Waals surface area contributed by atoms with E-state index in [4.69, 9.17) is 5.73 Å². The number of rotatable bonds is 2. The summed E-state index contributed by atoms with van der Waals surface area (Å²) >= 11 is 0. The summed E-state index contributed by atoms with van der Waals surface area (Å²) in [5, 5.41) is 0. The van der Waals surface area contributed by atoms with Gasteiger partial charge in [-0.05, 0) is 23.8 Å². The SMILES string of the molecule is NC(c1cc(F)c(F)c(F)c1)c1cccc(F)c1F.